The van der Waals surface area contributed by atoms with Gasteiger partial charge in [-0.2, -0.15) is 0 Å². The molecule has 4 aromatic carbocycles. The summed E-state index contributed by atoms with van der Waals surface area (Å²) >= 11 is 0. The molecule has 47 heavy (non-hydrogen) atoms. The molecule has 0 aliphatic carbocycles. The fourth-order valence-electron chi connectivity index (χ4n) is 5.24. The van der Waals surface area contributed by atoms with Crippen LogP contribution < -0.4 is 20.9 Å². The third-order valence-corrected chi connectivity index (χ3v) is 7.79. The number of carbonyl (C=O) groups excluding carboxylic acids is 1. The number of H-pyrrole nitrogens is 1. The van der Waals surface area contributed by atoms with E-state index in [4.69, 9.17) is 4.74 Å². The lowest BCUT2D eigenvalue weighted by atomic mass is 9.86. The largest absolute Gasteiger partial charge is 0.506 e. The highest BCUT2D eigenvalue weighted by Crippen LogP contribution is 2.32. The van der Waals surface area contributed by atoms with Crippen molar-refractivity contribution >= 4 is 22.8 Å². The molecule has 1 aromatic heterocycles. The Labute approximate surface area is 270 Å². The Kier molecular flexibility index (Phi) is 10.3. The van der Waals surface area contributed by atoms with E-state index >= 15 is 0 Å². The number of pyridine rings is 1. The topological polar surface area (TPSA) is 181 Å². The molecule has 2 unspecified atom stereocenters. The number of phenols is 1. The lowest BCUT2D eigenvalue weighted by Gasteiger charge is -2.25. The molecule has 242 valence electrons. The second-order valence-corrected chi connectivity index (χ2v) is 11.0. The number of nitrogens with one attached hydrogen (secondary N) is 3. The van der Waals surface area contributed by atoms with Crippen LogP contribution in [0.2, 0.25) is 0 Å². The number of amides is 1. The van der Waals surface area contributed by atoms with Crippen molar-refractivity contribution in [3.63, 3.8) is 0 Å². The standard InChI is InChI=1S/C36H35N3O8/c40-30-16-14-28(29-15-17-32(42)39-33(29)30)31(41)21-37-18-5-19-38-34(43)24-12-10-23(11-13-24)22-47-27-9-4-8-26(20-27)36(46,35(44)45)25-6-2-1-3-7-25/h1-4,6-17,20,31,37,40-41,46H,5,18-19,21-22H2,(H,38,43)(H,39,42)(H,44,45). The SMILES string of the molecule is O=C(NCCCNCC(O)c1ccc(O)c2[nH]c(=O)ccc12)c1ccc(COc2cccc(C(O)(C(=O)O)c3ccccc3)c2)cc1. The molecule has 1 heterocycles. The van der Waals surface area contributed by atoms with Gasteiger partial charge in [-0.05, 0) is 66.1 Å². The van der Waals surface area contributed by atoms with Gasteiger partial charge < -0.3 is 40.8 Å². The maximum Gasteiger partial charge on any atom is 0.345 e. The zero-order chi connectivity index (χ0) is 33.4. The molecular formula is C36H35N3O8. The van der Waals surface area contributed by atoms with Gasteiger partial charge in [-0.3, -0.25) is 9.59 Å². The van der Waals surface area contributed by atoms with Crippen molar-refractivity contribution in [1.29, 1.82) is 0 Å². The number of fused-ring (bicyclic) bond motifs is 1. The number of aromatic hydroxyl groups is 1. The number of carboxylic acids is 1. The summed E-state index contributed by atoms with van der Waals surface area (Å²) in [5, 5.41) is 48.2. The van der Waals surface area contributed by atoms with Gasteiger partial charge in [0.05, 0.1) is 11.6 Å². The minimum absolute atomic E-state index is 0.0700. The molecule has 0 bridgehead atoms. The number of carbonyl (C=O) groups is 2. The van der Waals surface area contributed by atoms with Crippen molar-refractivity contribution in [1.82, 2.24) is 15.6 Å². The molecule has 11 nitrogen and oxygen atoms in total. The summed E-state index contributed by atoms with van der Waals surface area (Å²) in [7, 11) is 0. The van der Waals surface area contributed by atoms with E-state index in [1.807, 2.05) is 0 Å². The van der Waals surface area contributed by atoms with Gasteiger partial charge in [0.1, 0.15) is 18.1 Å². The maximum atomic E-state index is 12.6. The monoisotopic (exact) mass is 637 g/mol. The lowest BCUT2D eigenvalue weighted by molar-refractivity contribution is -0.155. The van der Waals surface area contributed by atoms with E-state index in [0.717, 1.165) is 5.56 Å². The second-order valence-electron chi connectivity index (χ2n) is 11.0. The number of aliphatic carboxylic acids is 1. The Morgan fingerprint density at radius 3 is 2.36 bits per heavy atom. The number of benzene rings is 4. The Balaban J connectivity index is 1.07. The van der Waals surface area contributed by atoms with Crippen LogP contribution in [0.3, 0.4) is 0 Å². The van der Waals surface area contributed by atoms with E-state index in [0.29, 0.717) is 41.8 Å². The molecule has 0 saturated heterocycles. The first-order valence-electron chi connectivity index (χ1n) is 15.0. The number of hydrogen-bond acceptors (Lipinski definition) is 8. The molecule has 0 fully saturated rings. The van der Waals surface area contributed by atoms with E-state index in [9.17, 15) is 34.8 Å². The van der Waals surface area contributed by atoms with Crippen LogP contribution in [0, 0.1) is 0 Å². The van der Waals surface area contributed by atoms with Crippen molar-refractivity contribution in [2.24, 2.45) is 0 Å². The van der Waals surface area contributed by atoms with Gasteiger partial charge in [-0.15, -0.1) is 0 Å². The summed E-state index contributed by atoms with van der Waals surface area (Å²) in [6.07, 6.45) is -0.249. The fraction of sp³-hybridized carbons (Fsp3) is 0.194. The van der Waals surface area contributed by atoms with Gasteiger partial charge in [0.15, 0.2) is 0 Å². The first kappa shape index (κ1) is 32.9. The van der Waals surface area contributed by atoms with Crippen LogP contribution in [0.15, 0.2) is 108 Å². The Morgan fingerprint density at radius 1 is 0.872 bits per heavy atom. The molecule has 0 spiro atoms. The molecule has 5 rings (SSSR count). The van der Waals surface area contributed by atoms with Crippen LogP contribution in [-0.2, 0) is 17.0 Å². The first-order valence-corrected chi connectivity index (χ1v) is 15.0. The molecule has 11 heteroatoms. The van der Waals surface area contributed by atoms with Crippen LogP contribution in [0.4, 0.5) is 0 Å². The predicted octanol–water partition coefficient (Wildman–Crippen LogP) is 3.58. The minimum Gasteiger partial charge on any atom is -0.506 e. The molecule has 0 radical (unpaired) electrons. The van der Waals surface area contributed by atoms with E-state index in [1.54, 1.807) is 78.9 Å². The van der Waals surface area contributed by atoms with Crippen LogP contribution in [0.1, 0.15) is 45.1 Å². The van der Waals surface area contributed by atoms with E-state index in [2.05, 4.69) is 15.6 Å². The Bertz CT molecular complexity index is 1910. The van der Waals surface area contributed by atoms with Crippen LogP contribution in [0.5, 0.6) is 11.5 Å². The van der Waals surface area contributed by atoms with Crippen molar-refractivity contribution in [3.8, 4) is 11.5 Å². The van der Waals surface area contributed by atoms with Crippen molar-refractivity contribution in [3.05, 3.63) is 141 Å². The molecule has 1 amide bonds. The number of aliphatic hydroxyl groups is 2. The average Bonchev–Trinajstić information content (AvgIpc) is 3.09. The minimum atomic E-state index is -2.24. The number of ether oxygens (including phenoxy) is 1. The van der Waals surface area contributed by atoms with Gasteiger partial charge in [0, 0.05) is 35.7 Å². The number of aromatic amines is 1. The molecule has 0 aliphatic heterocycles. The van der Waals surface area contributed by atoms with Crippen molar-refractivity contribution in [2.75, 3.05) is 19.6 Å². The normalized spacial score (nSPS) is 13.1. The highest BCUT2D eigenvalue weighted by molar-refractivity contribution is 5.94. The smallest absolute Gasteiger partial charge is 0.345 e. The summed E-state index contributed by atoms with van der Waals surface area (Å²) in [5.41, 5.74) is -0.0697. The van der Waals surface area contributed by atoms with E-state index in [-0.39, 0.29) is 47.0 Å². The van der Waals surface area contributed by atoms with Crippen molar-refractivity contribution in [2.45, 2.75) is 24.7 Å². The summed E-state index contributed by atoms with van der Waals surface area (Å²) in [6.45, 7) is 1.36. The molecule has 0 aliphatic rings. The van der Waals surface area contributed by atoms with Crippen LogP contribution in [0.25, 0.3) is 10.9 Å². The summed E-state index contributed by atoms with van der Waals surface area (Å²) in [6, 6.07) is 27.4. The van der Waals surface area contributed by atoms with Crippen LogP contribution in [-0.4, -0.2) is 56.9 Å². The highest BCUT2D eigenvalue weighted by atomic mass is 16.5. The molecule has 0 saturated carbocycles. The number of hydrogen-bond donors (Lipinski definition) is 7. The quantitative estimate of drug-likeness (QED) is 0.0896. The molecule has 7 N–H and O–H groups in total. The molecule has 2 atom stereocenters. The summed E-state index contributed by atoms with van der Waals surface area (Å²) < 4.78 is 5.87. The van der Waals surface area contributed by atoms with E-state index < -0.39 is 17.7 Å². The predicted molar refractivity (Wildman–Crippen MR) is 175 cm³/mol. The number of aromatic nitrogens is 1. The third kappa shape index (κ3) is 7.67. The van der Waals surface area contributed by atoms with Crippen molar-refractivity contribution < 1.29 is 34.8 Å². The van der Waals surface area contributed by atoms with E-state index in [1.165, 1.54) is 24.3 Å². The average molecular weight is 638 g/mol. The zero-order valence-corrected chi connectivity index (χ0v) is 25.3. The molecular weight excluding hydrogens is 602 g/mol. The summed E-state index contributed by atoms with van der Waals surface area (Å²) in [5.74, 6) is -1.32. The Morgan fingerprint density at radius 2 is 1.62 bits per heavy atom. The lowest BCUT2D eigenvalue weighted by Crippen LogP contribution is -2.36. The number of phenolic OH excluding ortho intramolecular Hbond substituents is 1. The second kappa shape index (κ2) is 14.7. The first-order chi connectivity index (χ1) is 22.7. The molecule has 5 aromatic rings. The third-order valence-electron chi connectivity index (χ3n) is 7.79. The fourth-order valence-corrected chi connectivity index (χ4v) is 5.24. The summed E-state index contributed by atoms with van der Waals surface area (Å²) in [4.78, 5) is 38.9. The zero-order valence-electron chi connectivity index (χ0n) is 25.3. The number of carboxylic acid groups (broad SMARTS) is 1. The van der Waals surface area contributed by atoms with Crippen LogP contribution >= 0.6 is 0 Å². The number of aliphatic hydroxyl groups excluding tert-OH is 1. The number of rotatable bonds is 14. The van der Waals surface area contributed by atoms with Gasteiger partial charge >= 0.3 is 5.97 Å². The Hall–Kier alpha value is -5.49. The van der Waals surface area contributed by atoms with Gasteiger partial charge in [-0.25, -0.2) is 4.79 Å². The maximum absolute atomic E-state index is 12.6. The highest BCUT2D eigenvalue weighted by Gasteiger charge is 2.40. The van der Waals surface area contributed by atoms with Gasteiger partial charge in [0.2, 0.25) is 11.2 Å². The van der Waals surface area contributed by atoms with Gasteiger partial charge in [0.25, 0.3) is 5.91 Å². The van der Waals surface area contributed by atoms with Gasteiger partial charge in [-0.1, -0.05) is 60.7 Å².